The van der Waals surface area contributed by atoms with Gasteiger partial charge in [-0.15, -0.1) is 11.3 Å². The van der Waals surface area contributed by atoms with Gasteiger partial charge < -0.3 is 4.90 Å². The number of rotatable bonds is 4. The molecule has 126 valence electrons. The fourth-order valence-electron chi connectivity index (χ4n) is 3.13. The Balaban J connectivity index is 1.49. The van der Waals surface area contributed by atoms with Crippen LogP contribution in [0.15, 0.2) is 60.9 Å². The first kappa shape index (κ1) is 16.0. The summed E-state index contributed by atoms with van der Waals surface area (Å²) in [5, 5.41) is 1.23. The van der Waals surface area contributed by atoms with Crippen molar-refractivity contribution in [1.82, 2.24) is 9.88 Å². The van der Waals surface area contributed by atoms with Gasteiger partial charge in [-0.3, -0.25) is 9.78 Å². The number of carbonyl (C=O) groups excluding carboxylic acids is 1. The average molecular weight is 348 g/mol. The number of ketones is 1. The van der Waals surface area contributed by atoms with Gasteiger partial charge in [0.25, 0.3) is 0 Å². The number of allylic oxidation sites excluding steroid dienone is 1. The van der Waals surface area contributed by atoms with Crippen molar-refractivity contribution in [2.45, 2.75) is 19.3 Å². The van der Waals surface area contributed by atoms with Gasteiger partial charge in [0.15, 0.2) is 5.78 Å². The maximum Gasteiger partial charge on any atom is 0.188 e. The Hall–Kier alpha value is -2.46. The Labute approximate surface area is 151 Å². The minimum Gasteiger partial charge on any atom is -0.377 e. The summed E-state index contributed by atoms with van der Waals surface area (Å²) in [6.07, 6.45) is 9.00. The predicted molar refractivity (Wildman–Crippen MR) is 104 cm³/mol. The van der Waals surface area contributed by atoms with E-state index in [-0.39, 0.29) is 5.78 Å². The van der Waals surface area contributed by atoms with E-state index in [4.69, 9.17) is 0 Å². The van der Waals surface area contributed by atoms with Crippen LogP contribution in [0.2, 0.25) is 0 Å². The summed E-state index contributed by atoms with van der Waals surface area (Å²) in [6.45, 7) is 2.10. The first-order valence-electron chi connectivity index (χ1n) is 8.71. The molecule has 0 saturated carbocycles. The third-order valence-corrected chi connectivity index (χ3v) is 5.69. The third kappa shape index (κ3) is 3.64. The number of thiophene rings is 1. The van der Waals surface area contributed by atoms with Crippen molar-refractivity contribution in [2.24, 2.45) is 0 Å². The Bertz CT molecular complexity index is 872. The molecule has 3 heterocycles. The summed E-state index contributed by atoms with van der Waals surface area (Å²) < 4.78 is 1.25. The van der Waals surface area contributed by atoms with Crippen LogP contribution in [-0.4, -0.2) is 28.8 Å². The van der Waals surface area contributed by atoms with Crippen molar-refractivity contribution in [2.75, 3.05) is 13.1 Å². The smallest absolute Gasteiger partial charge is 0.188 e. The van der Waals surface area contributed by atoms with E-state index in [1.807, 2.05) is 30.5 Å². The molecule has 0 bridgehead atoms. The van der Waals surface area contributed by atoms with Crippen molar-refractivity contribution < 1.29 is 4.79 Å². The summed E-state index contributed by atoms with van der Waals surface area (Å²) in [5.74, 6) is 0.0148. The zero-order valence-corrected chi connectivity index (χ0v) is 14.8. The lowest BCUT2D eigenvalue weighted by Gasteiger charge is -2.24. The fourth-order valence-corrected chi connectivity index (χ4v) is 4.17. The number of benzene rings is 1. The molecule has 1 aliphatic rings. The molecule has 4 heteroatoms. The van der Waals surface area contributed by atoms with Crippen LogP contribution in [0.1, 0.15) is 29.6 Å². The molecule has 0 N–H and O–H groups in total. The molecule has 1 saturated heterocycles. The number of carbonyl (C=O) groups is 1. The molecule has 0 unspecified atom stereocenters. The van der Waals surface area contributed by atoms with Gasteiger partial charge in [-0.1, -0.05) is 18.2 Å². The standard InChI is InChI=1S/C21H20N2OS/c24-19(10-13-23-11-4-1-5-12-23)17-8-9-18(22-15-17)21-14-16-6-2-3-7-20(16)25-21/h2-3,6-10,13-15H,1,4-5,11-12H2. The second kappa shape index (κ2) is 7.19. The normalized spacial score (nSPS) is 15.1. The minimum atomic E-state index is 0.0148. The predicted octanol–water partition coefficient (Wildman–Crippen LogP) is 5.15. The molecule has 0 amide bonds. The summed E-state index contributed by atoms with van der Waals surface area (Å²) >= 11 is 1.73. The molecule has 0 aliphatic carbocycles. The lowest BCUT2D eigenvalue weighted by Crippen LogP contribution is -2.24. The van der Waals surface area contributed by atoms with Gasteiger partial charge in [0.1, 0.15) is 0 Å². The summed E-state index contributed by atoms with van der Waals surface area (Å²) in [4.78, 5) is 20.2. The highest BCUT2D eigenvalue weighted by atomic mass is 32.1. The summed E-state index contributed by atoms with van der Waals surface area (Å²) in [7, 11) is 0. The van der Waals surface area contributed by atoms with Gasteiger partial charge in [0.05, 0.1) is 10.6 Å². The summed E-state index contributed by atoms with van der Waals surface area (Å²) in [6, 6.07) is 14.3. The molecule has 0 spiro atoms. The number of nitrogens with zero attached hydrogens (tertiary/aromatic N) is 2. The highest BCUT2D eigenvalue weighted by molar-refractivity contribution is 7.22. The minimum absolute atomic E-state index is 0.0148. The molecule has 1 aliphatic heterocycles. The van der Waals surface area contributed by atoms with E-state index >= 15 is 0 Å². The van der Waals surface area contributed by atoms with Crippen LogP contribution < -0.4 is 0 Å². The van der Waals surface area contributed by atoms with Crippen molar-refractivity contribution in [1.29, 1.82) is 0 Å². The highest BCUT2D eigenvalue weighted by Gasteiger charge is 2.09. The van der Waals surface area contributed by atoms with Crippen LogP contribution in [0.4, 0.5) is 0 Å². The topological polar surface area (TPSA) is 33.2 Å². The maximum atomic E-state index is 12.3. The first-order chi connectivity index (χ1) is 12.3. The van der Waals surface area contributed by atoms with Crippen molar-refractivity contribution in [3.05, 3.63) is 66.5 Å². The fraction of sp³-hybridized carbons (Fsp3) is 0.238. The van der Waals surface area contributed by atoms with E-state index < -0.39 is 0 Å². The van der Waals surface area contributed by atoms with Gasteiger partial charge in [-0.05, 0) is 48.9 Å². The molecule has 3 nitrogen and oxygen atoms in total. The van der Waals surface area contributed by atoms with Crippen LogP contribution in [-0.2, 0) is 0 Å². The number of fused-ring (bicyclic) bond motifs is 1. The van der Waals surface area contributed by atoms with Crippen molar-refractivity contribution in [3.8, 4) is 10.6 Å². The van der Waals surface area contributed by atoms with Crippen molar-refractivity contribution in [3.63, 3.8) is 0 Å². The quantitative estimate of drug-likeness (QED) is 0.483. The SMILES string of the molecule is O=C(C=CN1CCCCC1)c1ccc(-c2cc3ccccc3s2)nc1. The number of hydrogen-bond acceptors (Lipinski definition) is 4. The molecular weight excluding hydrogens is 328 g/mol. The van der Waals surface area contributed by atoms with Crippen molar-refractivity contribution >= 4 is 27.2 Å². The molecule has 3 aromatic rings. The third-order valence-electron chi connectivity index (χ3n) is 4.55. The zero-order chi connectivity index (χ0) is 17.1. The molecule has 0 atom stereocenters. The second-order valence-electron chi connectivity index (χ2n) is 6.36. The molecular formula is C21H20N2OS. The largest absolute Gasteiger partial charge is 0.377 e. The number of aromatic nitrogens is 1. The Morgan fingerprint density at radius 2 is 1.92 bits per heavy atom. The van der Waals surface area contributed by atoms with Crippen LogP contribution in [0.5, 0.6) is 0 Å². The molecule has 1 fully saturated rings. The van der Waals surface area contributed by atoms with Crippen LogP contribution in [0, 0.1) is 0 Å². The molecule has 25 heavy (non-hydrogen) atoms. The van der Waals surface area contributed by atoms with Crippen LogP contribution in [0.25, 0.3) is 20.7 Å². The second-order valence-corrected chi connectivity index (χ2v) is 7.44. The number of pyridine rings is 1. The lowest BCUT2D eigenvalue weighted by molar-refractivity contribution is 0.104. The number of likely N-dealkylation sites (tertiary alicyclic amines) is 1. The van der Waals surface area contributed by atoms with Crippen LogP contribution in [0.3, 0.4) is 0 Å². The van der Waals surface area contributed by atoms with E-state index in [1.165, 1.54) is 29.3 Å². The van der Waals surface area contributed by atoms with E-state index in [0.29, 0.717) is 5.56 Å². The molecule has 1 aromatic carbocycles. The monoisotopic (exact) mass is 348 g/mol. The van der Waals surface area contributed by atoms with Crippen LogP contribution >= 0.6 is 11.3 Å². The first-order valence-corrected chi connectivity index (χ1v) is 9.53. The molecule has 2 aromatic heterocycles. The highest BCUT2D eigenvalue weighted by Crippen LogP contribution is 2.32. The zero-order valence-electron chi connectivity index (χ0n) is 14.0. The van der Waals surface area contributed by atoms with E-state index in [0.717, 1.165) is 23.7 Å². The Morgan fingerprint density at radius 3 is 2.68 bits per heavy atom. The van der Waals surface area contributed by atoms with E-state index in [1.54, 1.807) is 23.6 Å². The molecule has 0 radical (unpaired) electrons. The Morgan fingerprint density at radius 1 is 1.08 bits per heavy atom. The van der Waals surface area contributed by atoms with Gasteiger partial charge in [0.2, 0.25) is 0 Å². The number of piperidine rings is 1. The molecule has 4 rings (SSSR count). The summed E-state index contributed by atoms with van der Waals surface area (Å²) in [5.41, 5.74) is 1.55. The van der Waals surface area contributed by atoms with Gasteiger partial charge in [0, 0.05) is 41.8 Å². The van der Waals surface area contributed by atoms with Gasteiger partial charge in [-0.25, -0.2) is 0 Å². The van der Waals surface area contributed by atoms with Gasteiger partial charge in [-0.2, -0.15) is 0 Å². The maximum absolute atomic E-state index is 12.3. The van der Waals surface area contributed by atoms with E-state index in [9.17, 15) is 4.79 Å². The van der Waals surface area contributed by atoms with Gasteiger partial charge >= 0.3 is 0 Å². The number of hydrogen-bond donors (Lipinski definition) is 0. The van der Waals surface area contributed by atoms with E-state index in [2.05, 4.69) is 28.1 Å². The average Bonchev–Trinajstić information content (AvgIpc) is 3.11. The Kier molecular flexibility index (Phi) is 4.61. The lowest BCUT2D eigenvalue weighted by atomic mass is 10.1.